The van der Waals surface area contributed by atoms with Crippen LogP contribution in [-0.4, -0.2) is 60.8 Å². The molecule has 5 heteroatoms. The van der Waals surface area contributed by atoms with Crippen LogP contribution in [-0.2, 0) is 10.2 Å². The summed E-state index contributed by atoms with van der Waals surface area (Å²) in [6, 6.07) is 6.48. The van der Waals surface area contributed by atoms with Crippen molar-refractivity contribution in [3.63, 3.8) is 0 Å². The van der Waals surface area contributed by atoms with Crippen molar-refractivity contribution in [2.45, 2.75) is 85.2 Å². The Kier molecular flexibility index (Phi) is 10.3. The minimum atomic E-state index is -0.428. The van der Waals surface area contributed by atoms with E-state index in [-0.39, 0.29) is 11.5 Å². The molecule has 0 spiro atoms. The lowest BCUT2D eigenvalue weighted by molar-refractivity contribution is 0.0145. The number of piperazine rings is 1. The molecule has 1 saturated heterocycles. The van der Waals surface area contributed by atoms with E-state index in [1.165, 1.54) is 11.1 Å². The van der Waals surface area contributed by atoms with Gasteiger partial charge >= 0.3 is 6.09 Å². The van der Waals surface area contributed by atoms with Crippen molar-refractivity contribution in [1.82, 2.24) is 9.80 Å². The van der Waals surface area contributed by atoms with Crippen molar-refractivity contribution >= 4 is 6.09 Å². The summed E-state index contributed by atoms with van der Waals surface area (Å²) in [5.41, 5.74) is 2.22. The van der Waals surface area contributed by atoms with Crippen LogP contribution in [0.15, 0.2) is 30.4 Å². The smallest absolute Gasteiger partial charge is 0.410 e. The summed E-state index contributed by atoms with van der Waals surface area (Å²) in [6.45, 7) is 19.8. The Labute approximate surface area is 202 Å². The van der Waals surface area contributed by atoms with Gasteiger partial charge in [-0.1, -0.05) is 50.6 Å². The van der Waals surface area contributed by atoms with Crippen molar-refractivity contribution < 1.29 is 14.3 Å². The van der Waals surface area contributed by atoms with E-state index in [1.54, 1.807) is 0 Å². The Morgan fingerprint density at radius 2 is 1.61 bits per heavy atom. The van der Waals surface area contributed by atoms with Crippen LogP contribution < -0.4 is 4.74 Å². The highest BCUT2D eigenvalue weighted by molar-refractivity contribution is 5.68. The molecule has 5 nitrogen and oxygen atoms in total. The third-order valence-corrected chi connectivity index (χ3v) is 5.75. The predicted octanol–water partition coefficient (Wildman–Crippen LogP) is 6.34. The Balaban J connectivity index is 1.56. The molecule has 1 aromatic rings. The van der Waals surface area contributed by atoms with E-state index in [2.05, 4.69) is 62.9 Å². The van der Waals surface area contributed by atoms with Crippen LogP contribution in [0.2, 0.25) is 0 Å². The third kappa shape index (κ3) is 10.2. The SMILES string of the molecule is Cc1ccc(OCCC/C=C\CCCN2CCN(C(=O)OC(C)(C)C)CC2)c(C(C)(C)C)c1. The number of rotatable bonds is 9. The average molecular weight is 459 g/mol. The number of ether oxygens (including phenoxy) is 2. The topological polar surface area (TPSA) is 42.0 Å². The molecule has 0 aliphatic carbocycles. The van der Waals surface area contributed by atoms with Gasteiger partial charge in [-0.05, 0) is 77.0 Å². The molecule has 1 aromatic carbocycles. The van der Waals surface area contributed by atoms with E-state index in [1.807, 2.05) is 25.7 Å². The standard InChI is InChI=1S/C28H46N2O3/c1-23-14-15-25(24(22-23)27(2,3)4)32-21-13-11-9-8-10-12-16-29-17-19-30(20-18-29)26(31)33-28(5,6)7/h8-9,14-15,22H,10-13,16-21H2,1-7H3/b9-8-. The number of nitrogens with zero attached hydrogens (tertiary/aromatic N) is 2. The zero-order valence-corrected chi connectivity index (χ0v) is 22.1. The number of aryl methyl sites for hydroxylation is 1. The molecular formula is C28H46N2O3. The van der Waals surface area contributed by atoms with Crippen LogP contribution in [0.4, 0.5) is 4.79 Å². The molecule has 1 amide bonds. The molecule has 1 aliphatic rings. The largest absolute Gasteiger partial charge is 0.493 e. The number of carbonyl (C=O) groups excluding carboxylic acids is 1. The molecule has 0 saturated carbocycles. The van der Waals surface area contributed by atoms with Gasteiger partial charge in [0, 0.05) is 26.2 Å². The number of unbranched alkanes of at least 4 members (excludes halogenated alkanes) is 2. The maximum atomic E-state index is 12.1. The monoisotopic (exact) mass is 458 g/mol. The summed E-state index contributed by atoms with van der Waals surface area (Å²) in [5, 5.41) is 0. The molecular weight excluding hydrogens is 412 g/mol. The first-order valence-corrected chi connectivity index (χ1v) is 12.5. The van der Waals surface area contributed by atoms with E-state index >= 15 is 0 Å². The molecule has 0 N–H and O–H groups in total. The Hall–Kier alpha value is -2.01. The average Bonchev–Trinajstić information content (AvgIpc) is 2.72. The first-order chi connectivity index (χ1) is 15.5. The van der Waals surface area contributed by atoms with Crippen molar-refractivity contribution in [2.24, 2.45) is 0 Å². The molecule has 1 heterocycles. The highest BCUT2D eigenvalue weighted by Crippen LogP contribution is 2.32. The Morgan fingerprint density at radius 1 is 0.970 bits per heavy atom. The lowest BCUT2D eigenvalue weighted by atomic mass is 9.85. The maximum absolute atomic E-state index is 12.1. The van der Waals surface area contributed by atoms with E-state index in [0.717, 1.165) is 70.8 Å². The minimum Gasteiger partial charge on any atom is -0.493 e. The predicted molar refractivity (Wildman–Crippen MR) is 137 cm³/mol. The lowest BCUT2D eigenvalue weighted by Crippen LogP contribution is -2.50. The normalized spacial score (nSPS) is 15.8. The highest BCUT2D eigenvalue weighted by Gasteiger charge is 2.25. The van der Waals surface area contributed by atoms with Gasteiger partial charge in [0.25, 0.3) is 0 Å². The molecule has 0 aromatic heterocycles. The summed E-state index contributed by atoms with van der Waals surface area (Å²) in [5.74, 6) is 1.02. The van der Waals surface area contributed by atoms with Crippen LogP contribution in [0.3, 0.4) is 0 Å². The van der Waals surface area contributed by atoms with Crippen molar-refractivity contribution in [3.8, 4) is 5.75 Å². The number of amides is 1. The van der Waals surface area contributed by atoms with Crippen LogP contribution >= 0.6 is 0 Å². The molecule has 1 fully saturated rings. The second-order valence-electron chi connectivity index (χ2n) is 11.2. The third-order valence-electron chi connectivity index (χ3n) is 5.75. The minimum absolute atomic E-state index is 0.0869. The van der Waals surface area contributed by atoms with E-state index in [0.29, 0.717) is 0 Å². The number of allylic oxidation sites excluding steroid dienone is 2. The van der Waals surface area contributed by atoms with Gasteiger partial charge in [-0.15, -0.1) is 0 Å². The first kappa shape index (κ1) is 27.2. The summed E-state index contributed by atoms with van der Waals surface area (Å²) in [6.07, 6.45) is 8.71. The molecule has 33 heavy (non-hydrogen) atoms. The van der Waals surface area contributed by atoms with Gasteiger partial charge < -0.3 is 14.4 Å². The van der Waals surface area contributed by atoms with Gasteiger partial charge in [-0.2, -0.15) is 0 Å². The molecule has 2 rings (SSSR count). The van der Waals surface area contributed by atoms with Crippen molar-refractivity contribution in [3.05, 3.63) is 41.5 Å². The molecule has 1 aliphatic heterocycles. The highest BCUT2D eigenvalue weighted by atomic mass is 16.6. The van der Waals surface area contributed by atoms with Gasteiger partial charge in [-0.3, -0.25) is 4.90 Å². The summed E-state index contributed by atoms with van der Waals surface area (Å²) < 4.78 is 11.6. The van der Waals surface area contributed by atoms with Gasteiger partial charge in [-0.25, -0.2) is 4.79 Å². The van der Waals surface area contributed by atoms with Crippen LogP contribution in [0.1, 0.15) is 78.4 Å². The zero-order chi connectivity index (χ0) is 24.5. The van der Waals surface area contributed by atoms with Crippen LogP contribution in [0.25, 0.3) is 0 Å². The fraction of sp³-hybridized carbons (Fsp3) is 0.679. The summed E-state index contributed by atoms with van der Waals surface area (Å²) in [4.78, 5) is 16.4. The number of benzene rings is 1. The van der Waals surface area contributed by atoms with Crippen LogP contribution in [0.5, 0.6) is 5.75 Å². The van der Waals surface area contributed by atoms with E-state index < -0.39 is 5.60 Å². The van der Waals surface area contributed by atoms with Crippen molar-refractivity contribution in [1.29, 1.82) is 0 Å². The molecule has 186 valence electrons. The van der Waals surface area contributed by atoms with Crippen LogP contribution in [0, 0.1) is 6.92 Å². The maximum Gasteiger partial charge on any atom is 0.410 e. The van der Waals surface area contributed by atoms with E-state index in [4.69, 9.17) is 9.47 Å². The number of hydrogen-bond acceptors (Lipinski definition) is 4. The molecule has 0 atom stereocenters. The molecule has 0 unspecified atom stereocenters. The van der Waals surface area contributed by atoms with Gasteiger partial charge in [0.1, 0.15) is 11.4 Å². The van der Waals surface area contributed by atoms with E-state index in [9.17, 15) is 4.79 Å². The lowest BCUT2D eigenvalue weighted by Gasteiger charge is -2.35. The Morgan fingerprint density at radius 3 is 2.21 bits per heavy atom. The number of carbonyl (C=O) groups is 1. The van der Waals surface area contributed by atoms with Gasteiger partial charge in [0.05, 0.1) is 6.61 Å². The summed E-state index contributed by atoms with van der Waals surface area (Å²) >= 11 is 0. The zero-order valence-electron chi connectivity index (χ0n) is 22.1. The molecule has 0 radical (unpaired) electrons. The second-order valence-corrected chi connectivity index (χ2v) is 11.2. The van der Waals surface area contributed by atoms with Gasteiger partial charge in [0.2, 0.25) is 0 Å². The van der Waals surface area contributed by atoms with Gasteiger partial charge in [0.15, 0.2) is 0 Å². The molecule has 0 bridgehead atoms. The summed E-state index contributed by atoms with van der Waals surface area (Å²) in [7, 11) is 0. The van der Waals surface area contributed by atoms with Crippen molar-refractivity contribution in [2.75, 3.05) is 39.3 Å². The fourth-order valence-electron chi connectivity index (χ4n) is 3.89. The Bertz CT molecular complexity index is 766. The second kappa shape index (κ2) is 12.5. The fourth-order valence-corrected chi connectivity index (χ4v) is 3.89. The quantitative estimate of drug-likeness (QED) is 0.320. The first-order valence-electron chi connectivity index (χ1n) is 12.5. The number of hydrogen-bond donors (Lipinski definition) is 0.